The van der Waals surface area contributed by atoms with Gasteiger partial charge in [-0.05, 0) is 24.8 Å². The monoisotopic (exact) mass is 281 g/mol. The minimum Gasteiger partial charge on any atom is -0.477 e. The number of nitro benzene ring substituents is 1. The molecule has 1 atom stereocenters. The van der Waals surface area contributed by atoms with E-state index in [1.54, 1.807) is 6.07 Å². The summed E-state index contributed by atoms with van der Waals surface area (Å²) < 4.78 is 5.58. The van der Waals surface area contributed by atoms with E-state index in [-0.39, 0.29) is 18.3 Å². The summed E-state index contributed by atoms with van der Waals surface area (Å²) in [4.78, 5) is 21.4. The summed E-state index contributed by atoms with van der Waals surface area (Å²) in [6.07, 6.45) is 0.813. The van der Waals surface area contributed by atoms with Crippen LogP contribution in [0.25, 0.3) is 0 Å². The van der Waals surface area contributed by atoms with Gasteiger partial charge in [0.05, 0.1) is 17.6 Å². The Hall–Kier alpha value is -1.95. The average molecular weight is 281 g/mol. The number of ether oxygens (including phenoxy) is 1. The van der Waals surface area contributed by atoms with Gasteiger partial charge in [-0.1, -0.05) is 26.0 Å². The summed E-state index contributed by atoms with van der Waals surface area (Å²) in [6, 6.07) is 4.19. The normalized spacial score (nSPS) is 12.4. The van der Waals surface area contributed by atoms with Gasteiger partial charge in [0.25, 0.3) is 5.69 Å². The SMILES string of the molecule is CC(C)CC(C)OCc1cccc([N+](=O)[O-])c1C(=O)O. The molecular weight excluding hydrogens is 262 g/mol. The molecule has 0 saturated heterocycles. The number of carbonyl (C=O) groups is 1. The predicted molar refractivity (Wildman–Crippen MR) is 73.8 cm³/mol. The van der Waals surface area contributed by atoms with Gasteiger partial charge in [0.1, 0.15) is 5.56 Å². The molecule has 0 fully saturated rings. The van der Waals surface area contributed by atoms with Crippen molar-refractivity contribution in [3.63, 3.8) is 0 Å². The predicted octanol–water partition coefficient (Wildman–Crippen LogP) is 3.24. The van der Waals surface area contributed by atoms with E-state index >= 15 is 0 Å². The number of nitro groups is 1. The van der Waals surface area contributed by atoms with Crippen molar-refractivity contribution in [2.75, 3.05) is 0 Å². The Balaban J connectivity index is 2.92. The molecule has 110 valence electrons. The lowest BCUT2D eigenvalue weighted by Gasteiger charge is -2.16. The summed E-state index contributed by atoms with van der Waals surface area (Å²) in [5, 5.41) is 20.0. The molecule has 6 nitrogen and oxygen atoms in total. The maximum Gasteiger partial charge on any atom is 0.343 e. The molecule has 1 aromatic rings. The number of carboxylic acid groups (broad SMARTS) is 1. The standard InChI is InChI=1S/C14H19NO5/c1-9(2)7-10(3)20-8-11-5-4-6-12(15(18)19)13(11)14(16)17/h4-6,9-10H,7-8H2,1-3H3,(H,16,17). The van der Waals surface area contributed by atoms with Crippen molar-refractivity contribution in [2.24, 2.45) is 5.92 Å². The molecule has 0 saturated carbocycles. The van der Waals surface area contributed by atoms with Crippen LogP contribution in [0.2, 0.25) is 0 Å². The zero-order valence-electron chi connectivity index (χ0n) is 11.8. The van der Waals surface area contributed by atoms with Crippen LogP contribution in [0.4, 0.5) is 5.69 Å². The Kier molecular flexibility index (Phi) is 5.64. The van der Waals surface area contributed by atoms with Crippen molar-refractivity contribution in [1.82, 2.24) is 0 Å². The lowest BCUT2D eigenvalue weighted by Crippen LogP contribution is -2.14. The quantitative estimate of drug-likeness (QED) is 0.612. The van der Waals surface area contributed by atoms with Crippen LogP contribution in [0.1, 0.15) is 43.1 Å². The van der Waals surface area contributed by atoms with E-state index in [0.29, 0.717) is 11.5 Å². The van der Waals surface area contributed by atoms with Gasteiger partial charge in [-0.25, -0.2) is 4.79 Å². The summed E-state index contributed by atoms with van der Waals surface area (Å²) in [5.41, 5.74) is -0.383. The van der Waals surface area contributed by atoms with Crippen LogP contribution in [0.3, 0.4) is 0 Å². The maximum absolute atomic E-state index is 11.2. The number of nitrogens with zero attached hydrogens (tertiary/aromatic N) is 1. The highest BCUT2D eigenvalue weighted by Crippen LogP contribution is 2.23. The zero-order valence-corrected chi connectivity index (χ0v) is 11.8. The van der Waals surface area contributed by atoms with Gasteiger partial charge in [0.2, 0.25) is 0 Å². The van der Waals surface area contributed by atoms with E-state index in [9.17, 15) is 14.9 Å². The number of aromatic carboxylic acids is 1. The molecule has 1 rings (SSSR count). The zero-order chi connectivity index (χ0) is 15.3. The Morgan fingerprint density at radius 3 is 2.55 bits per heavy atom. The van der Waals surface area contributed by atoms with Gasteiger partial charge in [0, 0.05) is 6.07 Å². The van der Waals surface area contributed by atoms with Gasteiger partial charge < -0.3 is 9.84 Å². The summed E-state index contributed by atoms with van der Waals surface area (Å²) in [6.45, 7) is 6.08. The Morgan fingerprint density at radius 2 is 2.05 bits per heavy atom. The number of carboxylic acids is 1. The first-order valence-corrected chi connectivity index (χ1v) is 6.44. The number of hydrogen-bond donors (Lipinski definition) is 1. The summed E-state index contributed by atoms with van der Waals surface area (Å²) in [7, 11) is 0. The second-order valence-electron chi connectivity index (χ2n) is 5.12. The van der Waals surface area contributed by atoms with Crippen molar-refractivity contribution in [2.45, 2.75) is 39.9 Å². The first-order chi connectivity index (χ1) is 9.32. The summed E-state index contributed by atoms with van der Waals surface area (Å²) in [5.74, 6) is -0.846. The third-order valence-corrected chi connectivity index (χ3v) is 2.87. The highest BCUT2D eigenvalue weighted by Gasteiger charge is 2.23. The highest BCUT2D eigenvalue weighted by atomic mass is 16.6. The number of benzene rings is 1. The third-order valence-electron chi connectivity index (χ3n) is 2.87. The molecule has 1 aromatic carbocycles. The molecule has 6 heteroatoms. The smallest absolute Gasteiger partial charge is 0.343 e. The van der Waals surface area contributed by atoms with Crippen LogP contribution in [0.5, 0.6) is 0 Å². The highest BCUT2D eigenvalue weighted by molar-refractivity contribution is 5.94. The first kappa shape index (κ1) is 16.1. The van der Waals surface area contributed by atoms with E-state index in [1.807, 2.05) is 6.92 Å². The average Bonchev–Trinajstić information content (AvgIpc) is 2.34. The molecule has 20 heavy (non-hydrogen) atoms. The van der Waals surface area contributed by atoms with E-state index in [1.165, 1.54) is 12.1 Å². The van der Waals surface area contributed by atoms with Crippen LogP contribution in [-0.4, -0.2) is 22.1 Å². The first-order valence-electron chi connectivity index (χ1n) is 6.44. The van der Waals surface area contributed by atoms with Crippen molar-refractivity contribution in [3.05, 3.63) is 39.4 Å². The lowest BCUT2D eigenvalue weighted by atomic mass is 10.1. The minimum absolute atomic E-state index is 0.0316. The van der Waals surface area contributed by atoms with Crippen molar-refractivity contribution in [1.29, 1.82) is 0 Å². The molecule has 1 N–H and O–H groups in total. The van der Waals surface area contributed by atoms with E-state index in [4.69, 9.17) is 9.84 Å². The molecule has 0 aromatic heterocycles. The van der Waals surface area contributed by atoms with Gasteiger partial charge >= 0.3 is 5.97 Å². The molecule has 0 aliphatic carbocycles. The molecule has 0 radical (unpaired) electrons. The van der Waals surface area contributed by atoms with Gasteiger partial charge in [0.15, 0.2) is 0 Å². The van der Waals surface area contributed by atoms with E-state index in [2.05, 4.69) is 13.8 Å². The van der Waals surface area contributed by atoms with Gasteiger partial charge in [-0.3, -0.25) is 10.1 Å². The van der Waals surface area contributed by atoms with Crippen molar-refractivity contribution < 1.29 is 19.6 Å². The molecule has 0 spiro atoms. The molecular formula is C14H19NO5. The fourth-order valence-corrected chi connectivity index (χ4v) is 2.07. The molecule has 0 heterocycles. The fraction of sp³-hybridized carbons (Fsp3) is 0.500. The minimum atomic E-state index is -1.31. The molecule has 0 bridgehead atoms. The van der Waals surface area contributed by atoms with Crippen LogP contribution >= 0.6 is 0 Å². The van der Waals surface area contributed by atoms with E-state index in [0.717, 1.165) is 6.42 Å². The van der Waals surface area contributed by atoms with Crippen molar-refractivity contribution >= 4 is 11.7 Å². The van der Waals surface area contributed by atoms with Crippen LogP contribution in [0, 0.1) is 16.0 Å². The van der Waals surface area contributed by atoms with Crippen LogP contribution < -0.4 is 0 Å². The Labute approximate surface area is 117 Å². The Bertz CT molecular complexity index is 498. The topological polar surface area (TPSA) is 89.7 Å². The molecule has 0 aliphatic rings. The number of hydrogen-bond acceptors (Lipinski definition) is 4. The van der Waals surface area contributed by atoms with Crippen molar-refractivity contribution in [3.8, 4) is 0 Å². The molecule has 1 unspecified atom stereocenters. The van der Waals surface area contributed by atoms with Gasteiger partial charge in [-0.15, -0.1) is 0 Å². The fourth-order valence-electron chi connectivity index (χ4n) is 2.07. The largest absolute Gasteiger partial charge is 0.477 e. The maximum atomic E-state index is 11.2. The second kappa shape index (κ2) is 7.00. The number of rotatable bonds is 7. The summed E-state index contributed by atoms with van der Waals surface area (Å²) >= 11 is 0. The van der Waals surface area contributed by atoms with Crippen LogP contribution in [0.15, 0.2) is 18.2 Å². The third kappa shape index (κ3) is 4.31. The lowest BCUT2D eigenvalue weighted by molar-refractivity contribution is -0.385. The van der Waals surface area contributed by atoms with Crippen LogP contribution in [-0.2, 0) is 11.3 Å². The Morgan fingerprint density at radius 1 is 1.40 bits per heavy atom. The molecule has 0 amide bonds. The molecule has 0 aliphatic heterocycles. The van der Waals surface area contributed by atoms with Gasteiger partial charge in [-0.2, -0.15) is 0 Å². The van der Waals surface area contributed by atoms with E-state index < -0.39 is 16.6 Å². The second-order valence-corrected chi connectivity index (χ2v) is 5.12.